The van der Waals surface area contributed by atoms with Crippen LogP contribution in [0, 0.1) is 6.92 Å². The van der Waals surface area contributed by atoms with Crippen LogP contribution < -0.4 is 5.32 Å². The van der Waals surface area contributed by atoms with E-state index in [9.17, 15) is 13.2 Å². The first-order chi connectivity index (χ1) is 16.3. The molecular weight excluding hydrogens is 468 g/mol. The fourth-order valence-electron chi connectivity index (χ4n) is 3.94. The number of benzene rings is 2. The second-order valence-electron chi connectivity index (χ2n) is 8.52. The van der Waals surface area contributed by atoms with Crippen molar-refractivity contribution in [2.75, 3.05) is 18.4 Å². The van der Waals surface area contributed by atoms with E-state index in [1.54, 1.807) is 18.2 Å². The Morgan fingerprint density at radius 2 is 1.85 bits per heavy atom. The van der Waals surface area contributed by atoms with Gasteiger partial charge in [-0.2, -0.15) is 4.31 Å². The lowest BCUT2D eigenvalue weighted by atomic mass is 10.1. The van der Waals surface area contributed by atoms with Gasteiger partial charge >= 0.3 is 0 Å². The molecule has 0 saturated carbocycles. The van der Waals surface area contributed by atoms with Crippen LogP contribution >= 0.6 is 11.8 Å². The monoisotopic (exact) mass is 498 g/mol. The van der Waals surface area contributed by atoms with Crippen molar-refractivity contribution in [2.45, 2.75) is 54.8 Å². The summed E-state index contributed by atoms with van der Waals surface area (Å²) in [6.07, 6.45) is 3.54. The molecule has 1 saturated heterocycles. The molecule has 1 fully saturated rings. The number of amides is 1. The Morgan fingerprint density at radius 1 is 1.12 bits per heavy atom. The number of rotatable bonds is 8. The molecule has 2 N–H and O–H groups in total. The van der Waals surface area contributed by atoms with Gasteiger partial charge in [0.25, 0.3) is 0 Å². The molecule has 1 atom stereocenters. The zero-order valence-corrected chi connectivity index (χ0v) is 21.1. The maximum Gasteiger partial charge on any atom is 0.243 e. The molecule has 1 aliphatic heterocycles. The molecule has 34 heavy (non-hydrogen) atoms. The van der Waals surface area contributed by atoms with Crippen LogP contribution in [0.25, 0.3) is 0 Å². The van der Waals surface area contributed by atoms with Gasteiger partial charge in [0.2, 0.25) is 15.9 Å². The number of aromatic amines is 1. The van der Waals surface area contributed by atoms with Crippen molar-refractivity contribution in [1.29, 1.82) is 0 Å². The smallest absolute Gasteiger partial charge is 0.243 e. The van der Waals surface area contributed by atoms with Crippen molar-refractivity contribution < 1.29 is 13.2 Å². The Morgan fingerprint density at radius 3 is 2.59 bits per heavy atom. The van der Waals surface area contributed by atoms with Crippen LogP contribution in [-0.2, 0) is 21.2 Å². The highest BCUT2D eigenvalue weighted by Crippen LogP contribution is 2.26. The van der Waals surface area contributed by atoms with Gasteiger partial charge in [0.05, 0.1) is 15.8 Å². The number of aromatic nitrogens is 2. The van der Waals surface area contributed by atoms with Gasteiger partial charge < -0.3 is 10.3 Å². The van der Waals surface area contributed by atoms with Gasteiger partial charge in [-0.05, 0) is 50.5 Å². The summed E-state index contributed by atoms with van der Waals surface area (Å²) in [5.74, 6) is -0.212. The summed E-state index contributed by atoms with van der Waals surface area (Å²) in [4.78, 5) is 21.0. The number of imidazole rings is 1. The highest BCUT2D eigenvalue weighted by Gasteiger charge is 2.26. The number of piperidine rings is 1. The molecule has 2 heterocycles. The standard InChI is InChI=1S/C25H30N4O3S2/c1-18-23(16-20-10-5-3-6-11-20)28-25(26-18)33-19(2)24(30)27-21-12-9-13-22(17-21)34(31,32)29-14-7-4-8-15-29/h3,5-6,9-13,17,19H,4,7-8,14-16H2,1-2H3,(H,26,28)(H,27,30)/t19-/m0/s1. The van der Waals surface area contributed by atoms with Crippen LogP contribution in [0.15, 0.2) is 64.6 Å². The highest BCUT2D eigenvalue weighted by molar-refractivity contribution is 8.00. The third-order valence-corrected chi connectivity index (χ3v) is 8.77. The normalized spacial score (nSPS) is 15.7. The van der Waals surface area contributed by atoms with Crippen LogP contribution in [0.3, 0.4) is 0 Å². The lowest BCUT2D eigenvalue weighted by Crippen LogP contribution is -2.35. The molecule has 0 aliphatic carbocycles. The fraction of sp³-hybridized carbons (Fsp3) is 0.360. The van der Waals surface area contributed by atoms with Crippen molar-refractivity contribution in [3.05, 3.63) is 71.5 Å². The van der Waals surface area contributed by atoms with Crippen LogP contribution in [-0.4, -0.2) is 46.9 Å². The SMILES string of the molecule is Cc1[nH]c(S[C@@H](C)C(=O)Nc2cccc(S(=O)(=O)N3CCCCC3)c2)nc1Cc1ccccc1. The van der Waals surface area contributed by atoms with Gasteiger partial charge in [-0.3, -0.25) is 4.79 Å². The maximum absolute atomic E-state index is 13.0. The van der Waals surface area contributed by atoms with Crippen LogP contribution in [0.5, 0.6) is 0 Å². The van der Waals surface area contributed by atoms with E-state index in [1.165, 1.54) is 27.7 Å². The molecule has 0 radical (unpaired) electrons. The predicted octanol–water partition coefficient (Wildman–Crippen LogP) is 4.60. The number of sulfonamides is 1. The average molecular weight is 499 g/mol. The van der Waals surface area contributed by atoms with Gasteiger partial charge in [0.15, 0.2) is 5.16 Å². The second kappa shape index (κ2) is 10.8. The molecule has 9 heteroatoms. The van der Waals surface area contributed by atoms with Crippen LogP contribution in [0.4, 0.5) is 5.69 Å². The largest absolute Gasteiger partial charge is 0.337 e. The van der Waals surface area contributed by atoms with E-state index in [4.69, 9.17) is 0 Å². The Bertz CT molecular complexity index is 1240. The number of anilines is 1. The molecule has 2 aromatic carbocycles. The van der Waals surface area contributed by atoms with Gasteiger partial charge in [0, 0.05) is 30.9 Å². The Hall–Kier alpha value is -2.62. The molecule has 4 rings (SSSR count). The minimum atomic E-state index is -3.56. The zero-order chi connectivity index (χ0) is 24.1. The number of carbonyl (C=O) groups is 1. The molecule has 1 aliphatic rings. The summed E-state index contributed by atoms with van der Waals surface area (Å²) in [6.45, 7) is 4.88. The number of hydrogen-bond donors (Lipinski definition) is 2. The zero-order valence-electron chi connectivity index (χ0n) is 19.5. The molecule has 1 amide bonds. The molecule has 0 bridgehead atoms. The number of aryl methyl sites for hydroxylation is 1. The summed E-state index contributed by atoms with van der Waals surface area (Å²) in [7, 11) is -3.56. The summed E-state index contributed by atoms with van der Waals surface area (Å²) < 4.78 is 27.5. The van der Waals surface area contributed by atoms with E-state index in [2.05, 4.69) is 27.4 Å². The third kappa shape index (κ3) is 5.89. The van der Waals surface area contributed by atoms with Gasteiger partial charge in [-0.15, -0.1) is 0 Å². The molecule has 7 nitrogen and oxygen atoms in total. The minimum absolute atomic E-state index is 0.208. The molecular formula is C25H30N4O3S2. The molecule has 3 aromatic rings. The van der Waals surface area contributed by atoms with Crippen LogP contribution in [0.1, 0.15) is 43.1 Å². The molecule has 180 valence electrons. The Balaban J connectivity index is 1.39. The number of hydrogen-bond acceptors (Lipinski definition) is 5. The van der Waals surface area contributed by atoms with Crippen molar-refractivity contribution in [2.24, 2.45) is 0 Å². The number of nitrogens with zero attached hydrogens (tertiary/aromatic N) is 2. The van der Waals surface area contributed by atoms with E-state index < -0.39 is 15.3 Å². The Labute approximate surface area is 205 Å². The van der Waals surface area contributed by atoms with E-state index in [-0.39, 0.29) is 10.8 Å². The lowest BCUT2D eigenvalue weighted by molar-refractivity contribution is -0.115. The van der Waals surface area contributed by atoms with E-state index in [0.29, 0.717) is 23.9 Å². The lowest BCUT2D eigenvalue weighted by Gasteiger charge is -2.26. The first kappa shape index (κ1) is 24.5. The van der Waals surface area contributed by atoms with Gasteiger partial charge in [0.1, 0.15) is 0 Å². The molecule has 0 unspecified atom stereocenters. The summed E-state index contributed by atoms with van der Waals surface area (Å²) in [5.41, 5.74) is 3.58. The second-order valence-corrected chi connectivity index (χ2v) is 11.8. The minimum Gasteiger partial charge on any atom is -0.337 e. The summed E-state index contributed by atoms with van der Waals surface area (Å²) in [5, 5.41) is 3.12. The van der Waals surface area contributed by atoms with Crippen LogP contribution in [0.2, 0.25) is 0 Å². The summed E-state index contributed by atoms with van der Waals surface area (Å²) >= 11 is 1.34. The topological polar surface area (TPSA) is 95.2 Å². The first-order valence-corrected chi connectivity index (χ1v) is 13.8. The molecule has 1 aromatic heterocycles. The first-order valence-electron chi connectivity index (χ1n) is 11.5. The van der Waals surface area contributed by atoms with E-state index in [0.717, 1.165) is 37.1 Å². The van der Waals surface area contributed by atoms with E-state index >= 15 is 0 Å². The van der Waals surface area contributed by atoms with Crippen molar-refractivity contribution >= 4 is 33.4 Å². The predicted molar refractivity (Wildman–Crippen MR) is 136 cm³/mol. The fourth-order valence-corrected chi connectivity index (χ4v) is 6.38. The van der Waals surface area contributed by atoms with Crippen molar-refractivity contribution in [3.63, 3.8) is 0 Å². The number of carbonyl (C=O) groups excluding carboxylic acids is 1. The average Bonchev–Trinajstić information content (AvgIpc) is 3.18. The van der Waals surface area contributed by atoms with Crippen molar-refractivity contribution in [3.8, 4) is 0 Å². The number of thioether (sulfide) groups is 1. The maximum atomic E-state index is 13.0. The van der Waals surface area contributed by atoms with Gasteiger partial charge in [-0.25, -0.2) is 13.4 Å². The number of H-pyrrole nitrogens is 1. The highest BCUT2D eigenvalue weighted by atomic mass is 32.2. The number of nitrogens with one attached hydrogen (secondary N) is 2. The third-order valence-electron chi connectivity index (χ3n) is 5.89. The molecule has 0 spiro atoms. The Kier molecular flexibility index (Phi) is 7.75. The summed E-state index contributed by atoms with van der Waals surface area (Å²) in [6, 6.07) is 16.6. The van der Waals surface area contributed by atoms with Crippen molar-refractivity contribution in [1.82, 2.24) is 14.3 Å². The van der Waals surface area contributed by atoms with E-state index in [1.807, 2.05) is 32.0 Å². The van der Waals surface area contributed by atoms with Gasteiger partial charge in [-0.1, -0.05) is 54.6 Å². The quantitative estimate of drug-likeness (QED) is 0.443.